The molecule has 0 saturated carbocycles. The number of para-hydroxylation sites is 6. The number of nitrogens with one attached hydrogen (secondary N) is 1. The van der Waals surface area contributed by atoms with Gasteiger partial charge in [-0.15, -0.1) is 0 Å². The number of anilines is 3. The quantitative estimate of drug-likeness (QED) is 0.183. The van der Waals surface area contributed by atoms with E-state index in [1.54, 1.807) is 0 Å². The van der Waals surface area contributed by atoms with Crippen molar-refractivity contribution >= 4 is 60.5 Å². The van der Waals surface area contributed by atoms with Crippen LogP contribution in [0.5, 0.6) is 0 Å². The Hall–Kier alpha value is -7.17. The standard InChI is InChI=1S/C50H34N4/c1-3-16-37(17-4-1)53-45-24-11-8-20-39(45)40-30-31-42-47(49(40)53)41-21-7-9-22-43(41)51-48(42)36-15-13-14-35(32-36)33-26-28-34(29-27-33)50-52-44-23-10-12-25-46(44)54(50)38-18-5-2-6-19-38/h1-32,50,52H. The van der Waals surface area contributed by atoms with Crippen molar-refractivity contribution in [3.05, 3.63) is 200 Å². The van der Waals surface area contributed by atoms with Crippen LogP contribution in [0.3, 0.4) is 0 Å². The molecule has 254 valence electrons. The zero-order valence-corrected chi connectivity index (χ0v) is 29.4. The fourth-order valence-corrected chi connectivity index (χ4v) is 8.53. The highest BCUT2D eigenvalue weighted by Crippen LogP contribution is 2.46. The summed E-state index contributed by atoms with van der Waals surface area (Å²) in [6, 6.07) is 69.6. The highest BCUT2D eigenvalue weighted by molar-refractivity contribution is 6.26. The van der Waals surface area contributed by atoms with Crippen LogP contribution in [-0.4, -0.2) is 9.55 Å². The van der Waals surface area contributed by atoms with Gasteiger partial charge in [-0.3, -0.25) is 0 Å². The molecule has 54 heavy (non-hydrogen) atoms. The van der Waals surface area contributed by atoms with E-state index < -0.39 is 0 Å². The topological polar surface area (TPSA) is 33.1 Å². The van der Waals surface area contributed by atoms with E-state index in [9.17, 15) is 0 Å². The number of hydrogen-bond acceptors (Lipinski definition) is 3. The van der Waals surface area contributed by atoms with Crippen LogP contribution in [0.2, 0.25) is 0 Å². The molecule has 10 aromatic rings. The third-order valence-electron chi connectivity index (χ3n) is 11.0. The molecule has 0 spiro atoms. The molecule has 0 fully saturated rings. The van der Waals surface area contributed by atoms with Crippen molar-refractivity contribution in [2.24, 2.45) is 0 Å². The summed E-state index contributed by atoms with van der Waals surface area (Å²) >= 11 is 0. The van der Waals surface area contributed by atoms with Gasteiger partial charge in [0.15, 0.2) is 0 Å². The first-order chi connectivity index (χ1) is 26.8. The minimum absolute atomic E-state index is 0.0123. The van der Waals surface area contributed by atoms with Crippen LogP contribution in [0.1, 0.15) is 11.7 Å². The van der Waals surface area contributed by atoms with Crippen molar-refractivity contribution in [2.75, 3.05) is 10.2 Å². The molecule has 1 N–H and O–H groups in total. The average Bonchev–Trinajstić information content (AvgIpc) is 3.81. The highest BCUT2D eigenvalue weighted by atomic mass is 15.3. The lowest BCUT2D eigenvalue weighted by molar-refractivity contribution is 0.828. The SMILES string of the molecule is c1ccc(N2c3ccccc3NC2c2ccc(-c3cccc(-c4nc5ccccc5c5c4ccc4c6ccccc6n(-c6ccccc6)c45)c3)cc2)cc1. The van der Waals surface area contributed by atoms with E-state index in [0.29, 0.717) is 0 Å². The number of benzene rings is 8. The van der Waals surface area contributed by atoms with Crippen molar-refractivity contribution in [3.8, 4) is 28.1 Å². The first-order valence-corrected chi connectivity index (χ1v) is 18.5. The maximum Gasteiger partial charge on any atom is 0.130 e. The van der Waals surface area contributed by atoms with Gasteiger partial charge in [-0.05, 0) is 71.3 Å². The molecule has 8 aromatic carbocycles. The van der Waals surface area contributed by atoms with Gasteiger partial charge in [0.1, 0.15) is 6.17 Å². The summed E-state index contributed by atoms with van der Waals surface area (Å²) in [5.41, 5.74) is 13.6. The molecule has 1 atom stereocenters. The molecule has 2 aromatic heterocycles. The molecular weight excluding hydrogens is 657 g/mol. The highest BCUT2D eigenvalue weighted by Gasteiger charge is 2.31. The summed E-state index contributed by atoms with van der Waals surface area (Å²) in [4.78, 5) is 7.76. The molecule has 11 rings (SSSR count). The normalized spacial score (nSPS) is 13.9. The molecule has 3 heterocycles. The van der Waals surface area contributed by atoms with Crippen molar-refractivity contribution < 1.29 is 0 Å². The second-order valence-electron chi connectivity index (χ2n) is 14.0. The maximum absolute atomic E-state index is 5.37. The summed E-state index contributed by atoms with van der Waals surface area (Å²) < 4.78 is 2.43. The molecule has 0 radical (unpaired) electrons. The first kappa shape index (κ1) is 30.5. The molecule has 4 nitrogen and oxygen atoms in total. The van der Waals surface area contributed by atoms with Gasteiger partial charge >= 0.3 is 0 Å². The predicted octanol–water partition coefficient (Wildman–Crippen LogP) is 13.1. The van der Waals surface area contributed by atoms with E-state index in [0.717, 1.165) is 50.2 Å². The van der Waals surface area contributed by atoms with Crippen molar-refractivity contribution in [1.82, 2.24) is 9.55 Å². The smallest absolute Gasteiger partial charge is 0.130 e. The Morgan fingerprint density at radius 3 is 1.96 bits per heavy atom. The van der Waals surface area contributed by atoms with E-state index in [4.69, 9.17) is 4.98 Å². The molecule has 1 unspecified atom stereocenters. The van der Waals surface area contributed by atoms with Gasteiger partial charge in [-0.1, -0.05) is 140 Å². The summed E-state index contributed by atoms with van der Waals surface area (Å²) in [7, 11) is 0. The van der Waals surface area contributed by atoms with Crippen LogP contribution in [0, 0.1) is 0 Å². The zero-order chi connectivity index (χ0) is 35.6. The Labute approximate surface area is 313 Å². The molecule has 1 aliphatic heterocycles. The summed E-state index contributed by atoms with van der Waals surface area (Å²) in [6.45, 7) is 0. The molecule has 0 amide bonds. The molecule has 1 aliphatic rings. The summed E-state index contributed by atoms with van der Waals surface area (Å²) in [6.07, 6.45) is -0.0123. The van der Waals surface area contributed by atoms with E-state index in [1.807, 2.05) is 0 Å². The summed E-state index contributed by atoms with van der Waals surface area (Å²) in [5, 5.41) is 9.77. The fraction of sp³-hybridized carbons (Fsp3) is 0.0200. The monoisotopic (exact) mass is 690 g/mol. The zero-order valence-electron chi connectivity index (χ0n) is 29.4. The predicted molar refractivity (Wildman–Crippen MR) is 226 cm³/mol. The number of hydrogen-bond donors (Lipinski definition) is 1. The molecule has 4 heteroatoms. The Morgan fingerprint density at radius 2 is 1.13 bits per heavy atom. The maximum atomic E-state index is 5.37. The first-order valence-electron chi connectivity index (χ1n) is 18.5. The minimum Gasteiger partial charge on any atom is -0.359 e. The van der Waals surface area contributed by atoms with Crippen LogP contribution in [0.15, 0.2) is 194 Å². The Kier molecular flexibility index (Phi) is 6.89. The van der Waals surface area contributed by atoms with Gasteiger partial charge in [0.25, 0.3) is 0 Å². The van der Waals surface area contributed by atoms with Crippen molar-refractivity contribution in [1.29, 1.82) is 0 Å². The summed E-state index contributed by atoms with van der Waals surface area (Å²) in [5.74, 6) is 0. The third kappa shape index (κ3) is 4.74. The molecule has 0 saturated heterocycles. The lowest BCUT2D eigenvalue weighted by atomic mass is 9.95. The molecule has 0 aliphatic carbocycles. The van der Waals surface area contributed by atoms with Gasteiger partial charge in [0, 0.05) is 43.9 Å². The molecular formula is C50H34N4. The van der Waals surface area contributed by atoms with Gasteiger partial charge in [-0.2, -0.15) is 0 Å². The van der Waals surface area contributed by atoms with E-state index in [-0.39, 0.29) is 6.17 Å². The van der Waals surface area contributed by atoms with E-state index >= 15 is 0 Å². The Balaban J connectivity index is 1.05. The van der Waals surface area contributed by atoms with Gasteiger partial charge < -0.3 is 14.8 Å². The second kappa shape index (κ2) is 12.2. The van der Waals surface area contributed by atoms with Crippen LogP contribution in [0.4, 0.5) is 17.1 Å². The van der Waals surface area contributed by atoms with Crippen molar-refractivity contribution in [3.63, 3.8) is 0 Å². The fourth-order valence-electron chi connectivity index (χ4n) is 8.53. The van der Waals surface area contributed by atoms with Gasteiger partial charge in [0.2, 0.25) is 0 Å². The average molecular weight is 691 g/mol. The van der Waals surface area contributed by atoms with E-state index in [2.05, 4.69) is 209 Å². The van der Waals surface area contributed by atoms with E-state index in [1.165, 1.54) is 44.0 Å². The largest absolute Gasteiger partial charge is 0.359 e. The van der Waals surface area contributed by atoms with Crippen LogP contribution < -0.4 is 10.2 Å². The van der Waals surface area contributed by atoms with Gasteiger partial charge in [0.05, 0.1) is 33.6 Å². The van der Waals surface area contributed by atoms with Crippen molar-refractivity contribution in [2.45, 2.75) is 6.17 Å². The third-order valence-corrected chi connectivity index (χ3v) is 11.0. The lowest BCUT2D eigenvalue weighted by Crippen LogP contribution is -2.23. The number of nitrogens with zero attached hydrogens (tertiary/aromatic N) is 3. The Bertz CT molecular complexity index is 3020. The van der Waals surface area contributed by atoms with Crippen LogP contribution in [0.25, 0.3) is 71.6 Å². The number of pyridine rings is 1. The number of aromatic nitrogens is 2. The lowest BCUT2D eigenvalue weighted by Gasteiger charge is -2.27. The van der Waals surface area contributed by atoms with Gasteiger partial charge in [-0.25, -0.2) is 4.98 Å². The second-order valence-corrected chi connectivity index (χ2v) is 14.0. The van der Waals surface area contributed by atoms with Crippen LogP contribution in [-0.2, 0) is 0 Å². The Morgan fingerprint density at radius 1 is 0.463 bits per heavy atom. The molecule has 0 bridgehead atoms. The minimum atomic E-state index is -0.0123. The number of rotatable bonds is 5. The number of fused-ring (bicyclic) bond motifs is 8. The van der Waals surface area contributed by atoms with Crippen LogP contribution >= 0.6 is 0 Å².